The lowest BCUT2D eigenvalue weighted by Crippen LogP contribution is -2.13. The first-order chi connectivity index (χ1) is 12.6. The average molecular weight is 355 g/mol. The van der Waals surface area contributed by atoms with E-state index in [9.17, 15) is 4.79 Å². The highest BCUT2D eigenvalue weighted by Gasteiger charge is 2.11. The molecular weight excluding hydrogens is 338 g/mol. The molecule has 0 aliphatic rings. The Morgan fingerprint density at radius 2 is 1.88 bits per heavy atom. The normalized spacial score (nSPS) is 10.3. The van der Waals surface area contributed by atoms with E-state index in [0.29, 0.717) is 34.7 Å². The van der Waals surface area contributed by atoms with E-state index in [-0.39, 0.29) is 11.5 Å². The molecule has 3 aromatic rings. The summed E-state index contributed by atoms with van der Waals surface area (Å²) in [7, 11) is 3.13. The standard InChI is InChI=1S/C17H17N5O4/c1-10-6-15(22-26-10)21-16(23)11-8-18-17(19-9-11)20-13-5-4-12(24-2)7-14(13)25-3/h4-9H,1-3H3,(H,18,19,20)(H,21,22,23). The van der Waals surface area contributed by atoms with Gasteiger partial charge in [-0.25, -0.2) is 9.97 Å². The summed E-state index contributed by atoms with van der Waals surface area (Å²) in [6.07, 6.45) is 2.82. The molecule has 3 rings (SSSR count). The first kappa shape index (κ1) is 17.2. The first-order valence-corrected chi connectivity index (χ1v) is 7.65. The molecule has 2 N–H and O–H groups in total. The van der Waals surface area contributed by atoms with Gasteiger partial charge in [-0.3, -0.25) is 4.79 Å². The predicted octanol–water partition coefficient (Wildman–Crippen LogP) is 2.79. The zero-order valence-electron chi connectivity index (χ0n) is 14.4. The molecular formula is C17H17N5O4. The molecule has 0 radical (unpaired) electrons. The van der Waals surface area contributed by atoms with Crippen molar-refractivity contribution in [3.8, 4) is 11.5 Å². The van der Waals surface area contributed by atoms with Gasteiger partial charge < -0.3 is 24.6 Å². The van der Waals surface area contributed by atoms with E-state index in [1.54, 1.807) is 45.4 Å². The third kappa shape index (κ3) is 3.89. The molecule has 1 amide bonds. The number of hydrogen-bond acceptors (Lipinski definition) is 8. The molecule has 0 saturated carbocycles. The number of methoxy groups -OCH3 is 2. The highest BCUT2D eigenvalue weighted by Crippen LogP contribution is 2.30. The van der Waals surface area contributed by atoms with E-state index in [1.165, 1.54) is 12.4 Å². The van der Waals surface area contributed by atoms with Gasteiger partial charge in [0.1, 0.15) is 17.3 Å². The van der Waals surface area contributed by atoms with E-state index in [1.807, 2.05) is 0 Å². The second kappa shape index (κ2) is 7.51. The fourth-order valence-electron chi connectivity index (χ4n) is 2.15. The zero-order valence-corrected chi connectivity index (χ0v) is 14.4. The van der Waals surface area contributed by atoms with Gasteiger partial charge in [-0.1, -0.05) is 5.16 Å². The van der Waals surface area contributed by atoms with Crippen molar-refractivity contribution in [1.82, 2.24) is 15.1 Å². The number of nitrogens with zero attached hydrogens (tertiary/aromatic N) is 3. The number of rotatable bonds is 6. The molecule has 9 nitrogen and oxygen atoms in total. The van der Waals surface area contributed by atoms with Crippen molar-refractivity contribution in [2.24, 2.45) is 0 Å². The highest BCUT2D eigenvalue weighted by molar-refractivity contribution is 6.03. The van der Waals surface area contributed by atoms with E-state index in [4.69, 9.17) is 14.0 Å². The maximum Gasteiger partial charge on any atom is 0.260 e. The minimum Gasteiger partial charge on any atom is -0.497 e. The molecule has 2 heterocycles. The summed E-state index contributed by atoms with van der Waals surface area (Å²) >= 11 is 0. The summed E-state index contributed by atoms with van der Waals surface area (Å²) < 4.78 is 15.4. The van der Waals surface area contributed by atoms with Gasteiger partial charge in [-0.05, 0) is 19.1 Å². The van der Waals surface area contributed by atoms with Crippen LogP contribution in [0.25, 0.3) is 0 Å². The molecule has 2 aromatic heterocycles. The van der Waals surface area contributed by atoms with Crippen molar-refractivity contribution >= 4 is 23.4 Å². The Morgan fingerprint density at radius 3 is 2.50 bits per heavy atom. The Labute approximate surface area is 149 Å². The van der Waals surface area contributed by atoms with Gasteiger partial charge in [-0.2, -0.15) is 0 Å². The Morgan fingerprint density at radius 1 is 1.12 bits per heavy atom. The van der Waals surface area contributed by atoms with Crippen LogP contribution < -0.4 is 20.1 Å². The number of hydrogen-bond donors (Lipinski definition) is 2. The number of ether oxygens (including phenoxy) is 2. The molecule has 0 aliphatic carbocycles. The maximum atomic E-state index is 12.1. The lowest BCUT2D eigenvalue weighted by Gasteiger charge is -2.11. The van der Waals surface area contributed by atoms with Crippen molar-refractivity contribution in [2.45, 2.75) is 6.92 Å². The smallest absolute Gasteiger partial charge is 0.260 e. The number of carbonyl (C=O) groups excluding carboxylic acids is 1. The van der Waals surface area contributed by atoms with Gasteiger partial charge in [0.2, 0.25) is 5.95 Å². The van der Waals surface area contributed by atoms with Gasteiger partial charge in [0.25, 0.3) is 5.91 Å². The van der Waals surface area contributed by atoms with Crippen LogP contribution >= 0.6 is 0 Å². The van der Waals surface area contributed by atoms with Gasteiger partial charge in [0.05, 0.1) is 25.5 Å². The van der Waals surface area contributed by atoms with Crippen LogP contribution in [-0.4, -0.2) is 35.3 Å². The monoisotopic (exact) mass is 355 g/mol. The molecule has 0 atom stereocenters. The summed E-state index contributed by atoms with van der Waals surface area (Å²) in [5.74, 6) is 2.12. The molecule has 9 heteroatoms. The summed E-state index contributed by atoms with van der Waals surface area (Å²) in [5.41, 5.74) is 0.960. The third-order valence-electron chi connectivity index (χ3n) is 3.44. The molecule has 0 aliphatic heterocycles. The molecule has 1 aromatic carbocycles. The number of carbonyl (C=O) groups is 1. The lowest BCUT2D eigenvalue weighted by molar-refractivity contribution is 0.102. The number of amides is 1. The van der Waals surface area contributed by atoms with Crippen molar-refractivity contribution in [3.05, 3.63) is 48.0 Å². The summed E-state index contributed by atoms with van der Waals surface area (Å²) in [6, 6.07) is 6.93. The number of aromatic nitrogens is 3. The van der Waals surface area contributed by atoms with Crippen molar-refractivity contribution in [1.29, 1.82) is 0 Å². The zero-order chi connectivity index (χ0) is 18.5. The molecule has 0 saturated heterocycles. The molecule has 0 unspecified atom stereocenters. The van der Waals surface area contributed by atoms with Crippen LogP contribution in [0.2, 0.25) is 0 Å². The van der Waals surface area contributed by atoms with E-state index in [2.05, 4.69) is 25.8 Å². The van der Waals surface area contributed by atoms with Crippen LogP contribution in [0, 0.1) is 6.92 Å². The van der Waals surface area contributed by atoms with Crippen LogP contribution in [-0.2, 0) is 0 Å². The Hall–Kier alpha value is -3.62. The van der Waals surface area contributed by atoms with E-state index in [0.717, 1.165) is 0 Å². The third-order valence-corrected chi connectivity index (χ3v) is 3.44. The molecule has 0 fully saturated rings. The van der Waals surface area contributed by atoms with Crippen LogP contribution in [0.15, 0.2) is 41.2 Å². The second-order valence-corrected chi connectivity index (χ2v) is 5.26. The average Bonchev–Trinajstić information content (AvgIpc) is 3.07. The fraction of sp³-hybridized carbons (Fsp3) is 0.176. The van der Waals surface area contributed by atoms with Crippen LogP contribution in [0.3, 0.4) is 0 Å². The second-order valence-electron chi connectivity index (χ2n) is 5.26. The van der Waals surface area contributed by atoms with Crippen molar-refractivity contribution in [3.63, 3.8) is 0 Å². The molecule has 0 spiro atoms. The van der Waals surface area contributed by atoms with Crippen molar-refractivity contribution < 1.29 is 18.8 Å². The number of benzene rings is 1. The topological polar surface area (TPSA) is 111 Å². The van der Waals surface area contributed by atoms with E-state index >= 15 is 0 Å². The maximum absolute atomic E-state index is 12.1. The Kier molecular flexibility index (Phi) is 4.97. The van der Waals surface area contributed by atoms with Gasteiger partial charge in [-0.15, -0.1) is 0 Å². The van der Waals surface area contributed by atoms with Crippen LogP contribution in [0.5, 0.6) is 11.5 Å². The van der Waals surface area contributed by atoms with Gasteiger partial charge >= 0.3 is 0 Å². The minimum absolute atomic E-state index is 0.290. The van der Waals surface area contributed by atoms with Gasteiger partial charge in [0, 0.05) is 24.5 Å². The Bertz CT molecular complexity index is 908. The highest BCUT2D eigenvalue weighted by atomic mass is 16.5. The largest absolute Gasteiger partial charge is 0.497 e. The Balaban J connectivity index is 1.70. The molecule has 0 bridgehead atoms. The van der Waals surface area contributed by atoms with Crippen molar-refractivity contribution in [2.75, 3.05) is 24.9 Å². The quantitative estimate of drug-likeness (QED) is 0.694. The fourth-order valence-corrected chi connectivity index (χ4v) is 2.15. The summed E-state index contributed by atoms with van der Waals surface area (Å²) in [6.45, 7) is 1.74. The molecule has 134 valence electrons. The van der Waals surface area contributed by atoms with E-state index < -0.39 is 0 Å². The number of anilines is 3. The lowest BCUT2D eigenvalue weighted by atomic mass is 10.2. The predicted molar refractivity (Wildman–Crippen MR) is 94.1 cm³/mol. The van der Waals surface area contributed by atoms with Crippen LogP contribution in [0.1, 0.15) is 16.1 Å². The molecule has 26 heavy (non-hydrogen) atoms. The summed E-state index contributed by atoms with van der Waals surface area (Å²) in [5, 5.41) is 9.34. The SMILES string of the molecule is COc1ccc(Nc2ncc(C(=O)Nc3cc(C)on3)cn2)c(OC)c1. The summed E-state index contributed by atoms with van der Waals surface area (Å²) in [4.78, 5) is 20.4. The first-order valence-electron chi connectivity index (χ1n) is 7.65. The minimum atomic E-state index is -0.383. The number of aryl methyl sites for hydroxylation is 1. The van der Waals surface area contributed by atoms with Gasteiger partial charge in [0.15, 0.2) is 5.82 Å². The number of nitrogens with one attached hydrogen (secondary N) is 2. The van der Waals surface area contributed by atoms with Crippen LogP contribution in [0.4, 0.5) is 17.5 Å².